The lowest BCUT2D eigenvalue weighted by atomic mass is 9.93. The largest absolute Gasteiger partial charge is 0.334 e. The third-order valence-electron chi connectivity index (χ3n) is 6.42. The SMILES string of the molecule is CCCCCCN(CC(=O)N1CCc2ccccc2C1C)C(=O)Nc1ccc(CC)cc1. The van der Waals surface area contributed by atoms with E-state index in [9.17, 15) is 9.59 Å². The van der Waals surface area contributed by atoms with Crippen molar-refractivity contribution in [2.24, 2.45) is 0 Å². The van der Waals surface area contributed by atoms with Gasteiger partial charge in [-0.3, -0.25) is 4.79 Å². The van der Waals surface area contributed by atoms with Crippen molar-refractivity contribution in [2.45, 2.75) is 65.3 Å². The summed E-state index contributed by atoms with van der Waals surface area (Å²) in [4.78, 5) is 29.9. The van der Waals surface area contributed by atoms with E-state index in [1.165, 1.54) is 16.7 Å². The molecule has 0 aromatic heterocycles. The third kappa shape index (κ3) is 6.12. The number of anilines is 1. The molecule has 2 aromatic carbocycles. The van der Waals surface area contributed by atoms with Gasteiger partial charge in [0, 0.05) is 18.8 Å². The van der Waals surface area contributed by atoms with Gasteiger partial charge >= 0.3 is 6.03 Å². The highest BCUT2D eigenvalue weighted by molar-refractivity contribution is 5.92. The molecule has 172 valence electrons. The fourth-order valence-corrected chi connectivity index (χ4v) is 4.37. The molecule has 1 heterocycles. The zero-order chi connectivity index (χ0) is 22.9. The van der Waals surface area contributed by atoms with Crippen molar-refractivity contribution in [1.29, 1.82) is 0 Å². The summed E-state index contributed by atoms with van der Waals surface area (Å²) in [7, 11) is 0. The minimum absolute atomic E-state index is 0.0129. The number of urea groups is 1. The number of carbonyl (C=O) groups is 2. The number of nitrogens with zero attached hydrogens (tertiary/aromatic N) is 2. The van der Waals surface area contributed by atoms with Crippen LogP contribution in [0.15, 0.2) is 48.5 Å². The van der Waals surface area contributed by atoms with Crippen molar-refractivity contribution >= 4 is 17.6 Å². The highest BCUT2D eigenvalue weighted by Crippen LogP contribution is 2.29. The van der Waals surface area contributed by atoms with Crippen molar-refractivity contribution < 1.29 is 9.59 Å². The summed E-state index contributed by atoms with van der Waals surface area (Å²) in [6, 6.07) is 16.1. The van der Waals surface area contributed by atoms with Gasteiger partial charge < -0.3 is 15.1 Å². The summed E-state index contributed by atoms with van der Waals surface area (Å²) in [5.41, 5.74) is 4.52. The molecule has 5 nitrogen and oxygen atoms in total. The Balaban J connectivity index is 1.67. The predicted molar refractivity (Wildman–Crippen MR) is 131 cm³/mol. The van der Waals surface area contributed by atoms with Gasteiger partial charge in [-0.2, -0.15) is 0 Å². The van der Waals surface area contributed by atoms with E-state index in [2.05, 4.69) is 44.3 Å². The van der Waals surface area contributed by atoms with Crippen LogP contribution in [-0.2, 0) is 17.6 Å². The molecule has 3 rings (SSSR count). The predicted octanol–water partition coefficient (Wildman–Crippen LogP) is 5.81. The molecule has 0 bridgehead atoms. The van der Waals surface area contributed by atoms with Gasteiger partial charge in [0.2, 0.25) is 5.91 Å². The molecule has 1 aliphatic rings. The topological polar surface area (TPSA) is 52.7 Å². The summed E-state index contributed by atoms with van der Waals surface area (Å²) in [6.07, 6.45) is 6.07. The Morgan fingerprint density at radius 1 is 1.03 bits per heavy atom. The van der Waals surface area contributed by atoms with Gasteiger partial charge in [-0.05, 0) is 55.0 Å². The van der Waals surface area contributed by atoms with Crippen LogP contribution >= 0.6 is 0 Å². The van der Waals surface area contributed by atoms with Crippen LogP contribution in [0.4, 0.5) is 10.5 Å². The van der Waals surface area contributed by atoms with Gasteiger partial charge in [-0.15, -0.1) is 0 Å². The molecular formula is C27H37N3O2. The van der Waals surface area contributed by atoms with Crippen LogP contribution in [0.1, 0.15) is 69.2 Å². The van der Waals surface area contributed by atoms with E-state index in [0.29, 0.717) is 13.1 Å². The molecule has 1 unspecified atom stereocenters. The Hall–Kier alpha value is -2.82. The molecule has 5 heteroatoms. The van der Waals surface area contributed by atoms with E-state index in [1.807, 2.05) is 35.2 Å². The van der Waals surface area contributed by atoms with Crippen LogP contribution in [0.5, 0.6) is 0 Å². The summed E-state index contributed by atoms with van der Waals surface area (Å²) in [6.45, 7) is 7.75. The number of amides is 3. The summed E-state index contributed by atoms with van der Waals surface area (Å²) >= 11 is 0. The van der Waals surface area contributed by atoms with Crippen LogP contribution in [-0.4, -0.2) is 41.4 Å². The Kier molecular flexibility index (Phi) is 8.72. The number of hydrogen-bond acceptors (Lipinski definition) is 2. The zero-order valence-corrected chi connectivity index (χ0v) is 19.8. The molecule has 3 amide bonds. The average molecular weight is 436 g/mol. The highest BCUT2D eigenvalue weighted by atomic mass is 16.2. The van der Waals surface area contributed by atoms with Crippen LogP contribution in [0, 0.1) is 0 Å². The Labute approximate surface area is 192 Å². The molecule has 0 fully saturated rings. The van der Waals surface area contributed by atoms with Crippen molar-refractivity contribution in [3.8, 4) is 0 Å². The molecule has 32 heavy (non-hydrogen) atoms. The van der Waals surface area contributed by atoms with E-state index in [1.54, 1.807) is 4.90 Å². The van der Waals surface area contributed by atoms with Crippen molar-refractivity contribution in [1.82, 2.24) is 9.80 Å². The lowest BCUT2D eigenvalue weighted by Crippen LogP contribution is -2.47. The van der Waals surface area contributed by atoms with Gasteiger partial charge in [0.25, 0.3) is 0 Å². The van der Waals surface area contributed by atoms with Crippen molar-refractivity contribution in [3.05, 3.63) is 65.2 Å². The van der Waals surface area contributed by atoms with Crippen LogP contribution in [0.25, 0.3) is 0 Å². The number of aryl methyl sites for hydroxylation is 1. The lowest BCUT2D eigenvalue weighted by molar-refractivity contribution is -0.134. The maximum Gasteiger partial charge on any atom is 0.322 e. The summed E-state index contributed by atoms with van der Waals surface area (Å²) < 4.78 is 0. The van der Waals surface area contributed by atoms with Gasteiger partial charge in [0.05, 0.1) is 6.04 Å². The first kappa shape index (κ1) is 23.8. The van der Waals surface area contributed by atoms with Crippen molar-refractivity contribution in [2.75, 3.05) is 25.0 Å². The number of benzene rings is 2. The number of unbranched alkanes of at least 4 members (excludes halogenated alkanes) is 3. The van der Waals surface area contributed by atoms with Gasteiger partial charge in [0.15, 0.2) is 0 Å². The molecule has 2 aromatic rings. The number of rotatable bonds is 9. The molecule has 0 saturated carbocycles. The first-order chi connectivity index (χ1) is 15.5. The molecule has 1 N–H and O–H groups in total. The summed E-state index contributed by atoms with van der Waals surface area (Å²) in [5, 5.41) is 2.99. The number of hydrogen-bond donors (Lipinski definition) is 1. The third-order valence-corrected chi connectivity index (χ3v) is 6.42. The fourth-order valence-electron chi connectivity index (χ4n) is 4.37. The van der Waals surface area contributed by atoms with E-state index in [-0.39, 0.29) is 24.5 Å². The van der Waals surface area contributed by atoms with Crippen LogP contribution in [0.2, 0.25) is 0 Å². The Morgan fingerprint density at radius 3 is 2.50 bits per heavy atom. The normalized spacial score (nSPS) is 15.2. The zero-order valence-electron chi connectivity index (χ0n) is 19.8. The molecular weight excluding hydrogens is 398 g/mol. The van der Waals surface area contributed by atoms with E-state index >= 15 is 0 Å². The quantitative estimate of drug-likeness (QED) is 0.505. The number of nitrogens with one attached hydrogen (secondary N) is 1. The Morgan fingerprint density at radius 2 is 1.78 bits per heavy atom. The second kappa shape index (κ2) is 11.7. The van der Waals surface area contributed by atoms with Crippen molar-refractivity contribution in [3.63, 3.8) is 0 Å². The summed E-state index contributed by atoms with van der Waals surface area (Å²) in [5.74, 6) is 0.0129. The molecule has 0 saturated heterocycles. The minimum Gasteiger partial charge on any atom is -0.334 e. The van der Waals surface area contributed by atoms with Gasteiger partial charge in [-0.25, -0.2) is 4.79 Å². The monoisotopic (exact) mass is 435 g/mol. The lowest BCUT2D eigenvalue weighted by Gasteiger charge is -2.36. The molecule has 0 spiro atoms. The van der Waals surface area contributed by atoms with E-state index < -0.39 is 0 Å². The number of carbonyl (C=O) groups excluding carboxylic acids is 2. The molecule has 1 aliphatic heterocycles. The second-order valence-corrected chi connectivity index (χ2v) is 8.67. The first-order valence-electron chi connectivity index (χ1n) is 12.1. The first-order valence-corrected chi connectivity index (χ1v) is 12.1. The molecule has 0 aliphatic carbocycles. The van der Waals surface area contributed by atoms with Crippen LogP contribution < -0.4 is 5.32 Å². The van der Waals surface area contributed by atoms with Gasteiger partial charge in [-0.1, -0.05) is 69.5 Å². The fraction of sp³-hybridized carbons (Fsp3) is 0.481. The van der Waals surface area contributed by atoms with Crippen LogP contribution in [0.3, 0.4) is 0 Å². The standard InChI is InChI=1S/C27H37N3O2/c1-4-6-7-10-18-29(27(32)28-24-15-13-22(5-2)14-16-24)20-26(31)30-19-17-23-11-8-9-12-25(23)21(30)3/h8-9,11-16,21H,4-7,10,17-20H2,1-3H3,(H,28,32). The van der Waals surface area contributed by atoms with E-state index in [4.69, 9.17) is 0 Å². The molecule has 0 radical (unpaired) electrons. The van der Waals surface area contributed by atoms with Gasteiger partial charge in [0.1, 0.15) is 6.54 Å². The van der Waals surface area contributed by atoms with E-state index in [0.717, 1.165) is 44.2 Å². The maximum atomic E-state index is 13.3. The highest BCUT2D eigenvalue weighted by Gasteiger charge is 2.29. The smallest absolute Gasteiger partial charge is 0.322 e. The Bertz CT molecular complexity index is 894. The number of fused-ring (bicyclic) bond motifs is 1. The minimum atomic E-state index is -0.204. The molecule has 1 atom stereocenters. The maximum absolute atomic E-state index is 13.3. The second-order valence-electron chi connectivity index (χ2n) is 8.67. The average Bonchev–Trinajstić information content (AvgIpc) is 2.81.